The molecule has 3 nitrogen and oxygen atoms in total. The van der Waals surface area contributed by atoms with Crippen LogP contribution in [-0.4, -0.2) is 18.5 Å². The van der Waals surface area contributed by atoms with E-state index in [0.717, 1.165) is 6.42 Å². The average Bonchev–Trinajstić information content (AvgIpc) is 3.15. The molecule has 2 unspecified atom stereocenters. The lowest BCUT2D eigenvalue weighted by atomic mass is 9.95. The van der Waals surface area contributed by atoms with Crippen molar-refractivity contribution in [2.75, 3.05) is 6.54 Å². The molecular weight excluding hydrogens is 212 g/mol. The summed E-state index contributed by atoms with van der Waals surface area (Å²) in [6, 6.07) is 0.228. The Bertz CT molecular complexity index is 226. The topological polar surface area (TPSA) is 55.1 Å². The molecule has 1 amide bonds. The smallest absolute Gasteiger partial charge is 0.220 e. The van der Waals surface area contributed by atoms with E-state index in [4.69, 9.17) is 5.73 Å². The fraction of sp³-hybridized carbons (Fsp3) is 0.929. The van der Waals surface area contributed by atoms with E-state index in [1.807, 2.05) is 0 Å². The highest BCUT2D eigenvalue weighted by Gasteiger charge is 2.31. The molecule has 1 rings (SSSR count). The van der Waals surface area contributed by atoms with Crippen LogP contribution in [0.25, 0.3) is 0 Å². The number of carbonyl (C=O) groups is 1. The van der Waals surface area contributed by atoms with Gasteiger partial charge in [-0.2, -0.15) is 0 Å². The largest absolute Gasteiger partial charge is 0.352 e. The third-order valence-corrected chi connectivity index (χ3v) is 3.81. The van der Waals surface area contributed by atoms with Crippen molar-refractivity contribution in [3.05, 3.63) is 0 Å². The lowest BCUT2D eigenvalue weighted by Gasteiger charge is -2.19. The molecule has 1 saturated carbocycles. The van der Waals surface area contributed by atoms with Gasteiger partial charge >= 0.3 is 0 Å². The number of amides is 1. The van der Waals surface area contributed by atoms with Crippen LogP contribution in [0.3, 0.4) is 0 Å². The van der Waals surface area contributed by atoms with E-state index in [9.17, 15) is 4.79 Å². The summed E-state index contributed by atoms with van der Waals surface area (Å²) in [5.74, 6) is 1.41. The standard InChI is InChI=1S/C14H28N2O/c1-3-5-6-11(4-2)9-14(17)16-13(10-15)12-7-8-12/h11-13H,3-10,15H2,1-2H3,(H,16,17). The van der Waals surface area contributed by atoms with Crippen LogP contribution in [0, 0.1) is 11.8 Å². The molecule has 2 atom stereocenters. The lowest BCUT2D eigenvalue weighted by molar-refractivity contribution is -0.122. The minimum absolute atomic E-state index is 0.204. The molecule has 0 aromatic heterocycles. The third kappa shape index (κ3) is 5.53. The Hall–Kier alpha value is -0.570. The van der Waals surface area contributed by atoms with Crippen LogP contribution in [0.2, 0.25) is 0 Å². The molecule has 0 heterocycles. The minimum atomic E-state index is 0.204. The highest BCUT2D eigenvalue weighted by atomic mass is 16.1. The zero-order valence-corrected chi connectivity index (χ0v) is 11.4. The first-order valence-corrected chi connectivity index (χ1v) is 7.20. The maximum absolute atomic E-state index is 11.9. The Labute approximate surface area is 106 Å². The maximum atomic E-state index is 11.9. The van der Waals surface area contributed by atoms with Gasteiger partial charge in [0.2, 0.25) is 5.91 Å². The molecule has 1 fully saturated rings. The summed E-state index contributed by atoms with van der Waals surface area (Å²) >= 11 is 0. The number of carbonyl (C=O) groups excluding carboxylic acids is 1. The van der Waals surface area contributed by atoms with Gasteiger partial charge in [-0.25, -0.2) is 0 Å². The lowest BCUT2D eigenvalue weighted by Crippen LogP contribution is -2.42. The fourth-order valence-corrected chi connectivity index (χ4v) is 2.34. The van der Waals surface area contributed by atoms with Gasteiger partial charge in [-0.1, -0.05) is 33.1 Å². The van der Waals surface area contributed by atoms with E-state index in [-0.39, 0.29) is 11.9 Å². The summed E-state index contributed by atoms with van der Waals surface area (Å²) in [6.07, 6.45) is 7.87. The molecule has 0 bridgehead atoms. The molecule has 0 radical (unpaired) electrons. The van der Waals surface area contributed by atoms with Crippen LogP contribution in [0.15, 0.2) is 0 Å². The summed E-state index contributed by atoms with van der Waals surface area (Å²) in [7, 11) is 0. The van der Waals surface area contributed by atoms with Gasteiger partial charge in [0.25, 0.3) is 0 Å². The molecule has 1 aliphatic carbocycles. The summed E-state index contributed by atoms with van der Waals surface area (Å²) in [5.41, 5.74) is 5.69. The Balaban J connectivity index is 2.25. The number of rotatable bonds is 9. The van der Waals surface area contributed by atoms with Crippen molar-refractivity contribution >= 4 is 5.91 Å². The van der Waals surface area contributed by atoms with Gasteiger partial charge in [0.15, 0.2) is 0 Å². The number of unbranched alkanes of at least 4 members (excludes halogenated alkanes) is 1. The average molecular weight is 240 g/mol. The summed E-state index contributed by atoms with van der Waals surface area (Å²) < 4.78 is 0. The van der Waals surface area contributed by atoms with Gasteiger partial charge in [-0.3, -0.25) is 4.79 Å². The summed E-state index contributed by atoms with van der Waals surface area (Å²) in [4.78, 5) is 11.9. The molecule has 0 saturated heterocycles. The van der Waals surface area contributed by atoms with E-state index in [0.29, 0.717) is 24.8 Å². The molecule has 0 spiro atoms. The van der Waals surface area contributed by atoms with Gasteiger partial charge < -0.3 is 11.1 Å². The van der Waals surface area contributed by atoms with Gasteiger partial charge in [-0.05, 0) is 31.1 Å². The molecular formula is C14H28N2O. The van der Waals surface area contributed by atoms with Gasteiger partial charge in [0.05, 0.1) is 0 Å². The second-order valence-electron chi connectivity index (χ2n) is 5.37. The molecule has 17 heavy (non-hydrogen) atoms. The Morgan fingerprint density at radius 1 is 1.41 bits per heavy atom. The van der Waals surface area contributed by atoms with Crippen LogP contribution in [0.1, 0.15) is 58.8 Å². The highest BCUT2D eigenvalue weighted by molar-refractivity contribution is 5.76. The van der Waals surface area contributed by atoms with Crippen LogP contribution in [-0.2, 0) is 4.79 Å². The number of hydrogen-bond acceptors (Lipinski definition) is 2. The zero-order chi connectivity index (χ0) is 12.7. The third-order valence-electron chi connectivity index (χ3n) is 3.81. The first-order valence-electron chi connectivity index (χ1n) is 7.20. The molecule has 100 valence electrons. The molecule has 0 aromatic carbocycles. The first-order chi connectivity index (χ1) is 8.21. The van der Waals surface area contributed by atoms with Gasteiger partial charge in [-0.15, -0.1) is 0 Å². The summed E-state index contributed by atoms with van der Waals surface area (Å²) in [6.45, 7) is 4.96. The summed E-state index contributed by atoms with van der Waals surface area (Å²) in [5, 5.41) is 3.11. The van der Waals surface area contributed by atoms with E-state index < -0.39 is 0 Å². The van der Waals surface area contributed by atoms with E-state index in [2.05, 4.69) is 19.2 Å². The number of nitrogens with one attached hydrogen (secondary N) is 1. The molecule has 1 aliphatic rings. The van der Waals surface area contributed by atoms with Crippen LogP contribution in [0.4, 0.5) is 0 Å². The monoisotopic (exact) mass is 240 g/mol. The second kappa shape index (κ2) is 7.70. The Kier molecular flexibility index (Phi) is 6.56. The highest BCUT2D eigenvalue weighted by Crippen LogP contribution is 2.32. The van der Waals surface area contributed by atoms with Crippen molar-refractivity contribution in [2.24, 2.45) is 17.6 Å². The van der Waals surface area contributed by atoms with Crippen molar-refractivity contribution in [1.82, 2.24) is 5.32 Å². The minimum Gasteiger partial charge on any atom is -0.352 e. The van der Waals surface area contributed by atoms with Crippen LogP contribution < -0.4 is 11.1 Å². The number of nitrogens with two attached hydrogens (primary N) is 1. The predicted octanol–water partition coefficient (Wildman–Crippen LogP) is 2.45. The number of hydrogen-bond donors (Lipinski definition) is 2. The van der Waals surface area contributed by atoms with Crippen LogP contribution >= 0.6 is 0 Å². The van der Waals surface area contributed by atoms with Crippen molar-refractivity contribution in [1.29, 1.82) is 0 Å². The SMILES string of the molecule is CCCCC(CC)CC(=O)NC(CN)C1CC1. The Morgan fingerprint density at radius 3 is 2.59 bits per heavy atom. The fourth-order valence-electron chi connectivity index (χ4n) is 2.34. The van der Waals surface area contributed by atoms with Gasteiger partial charge in [0, 0.05) is 19.0 Å². The zero-order valence-electron chi connectivity index (χ0n) is 11.4. The van der Waals surface area contributed by atoms with Crippen molar-refractivity contribution < 1.29 is 4.79 Å². The van der Waals surface area contributed by atoms with Crippen LogP contribution in [0.5, 0.6) is 0 Å². The molecule has 0 aliphatic heterocycles. The first kappa shape index (κ1) is 14.5. The van der Waals surface area contributed by atoms with Crippen molar-refractivity contribution in [2.45, 2.75) is 64.8 Å². The van der Waals surface area contributed by atoms with E-state index in [1.54, 1.807) is 0 Å². The van der Waals surface area contributed by atoms with Crippen molar-refractivity contribution in [3.63, 3.8) is 0 Å². The van der Waals surface area contributed by atoms with Gasteiger partial charge in [0.1, 0.15) is 0 Å². The Morgan fingerprint density at radius 2 is 2.12 bits per heavy atom. The maximum Gasteiger partial charge on any atom is 0.220 e. The molecule has 0 aromatic rings. The molecule has 3 N–H and O–H groups in total. The quantitative estimate of drug-likeness (QED) is 0.650. The van der Waals surface area contributed by atoms with E-state index in [1.165, 1.54) is 32.1 Å². The van der Waals surface area contributed by atoms with E-state index >= 15 is 0 Å². The van der Waals surface area contributed by atoms with Crippen molar-refractivity contribution in [3.8, 4) is 0 Å². The predicted molar refractivity (Wildman–Crippen MR) is 71.6 cm³/mol. The molecule has 3 heteroatoms. The normalized spacial score (nSPS) is 18.8. The second-order valence-corrected chi connectivity index (χ2v) is 5.37.